The van der Waals surface area contributed by atoms with Gasteiger partial charge in [-0.3, -0.25) is 10.1 Å². The maximum Gasteiger partial charge on any atom is 0.283 e. The minimum absolute atomic E-state index is 0.0640. The van der Waals surface area contributed by atoms with Crippen LogP contribution >= 0.6 is 23.1 Å². The average molecular weight is 515 g/mol. The zero-order valence-corrected chi connectivity index (χ0v) is 20.2. The lowest BCUT2D eigenvalue weighted by atomic mass is 10.2. The minimum Gasteiger partial charge on any atom is -0.494 e. The summed E-state index contributed by atoms with van der Waals surface area (Å²) in [7, 11) is -3.83. The minimum atomic E-state index is -3.83. The van der Waals surface area contributed by atoms with Crippen LogP contribution in [0.15, 0.2) is 86.0 Å². The molecule has 0 aliphatic rings. The van der Waals surface area contributed by atoms with E-state index < -0.39 is 14.9 Å². The van der Waals surface area contributed by atoms with E-state index in [9.17, 15) is 18.5 Å². The second-order valence-corrected chi connectivity index (χ2v) is 10.8. The van der Waals surface area contributed by atoms with Gasteiger partial charge in [0.05, 0.1) is 37.8 Å². The molecule has 0 fully saturated rings. The van der Waals surface area contributed by atoms with E-state index in [-0.39, 0.29) is 10.6 Å². The number of benzene rings is 3. The Morgan fingerprint density at radius 1 is 1.18 bits per heavy atom. The number of aromatic nitrogens is 1. The van der Waals surface area contributed by atoms with Crippen LogP contribution in [0, 0.1) is 10.1 Å². The number of nitro groups is 1. The standard InChI is InChI=1S/C22H18N4O5S3/c1-2-31-16-9-10-18-21(13-16)33-22(24-18)32-20-11-8-15(12-19(20)26(27)28)14-23-25-34(29,30)17-6-4-3-5-7-17/h3-14,25H,2H2,1H3/b23-14-. The number of nitro benzene ring substituents is 1. The van der Waals surface area contributed by atoms with E-state index in [1.807, 2.05) is 25.1 Å². The highest BCUT2D eigenvalue weighted by molar-refractivity contribution is 8.01. The van der Waals surface area contributed by atoms with Gasteiger partial charge in [-0.1, -0.05) is 36.0 Å². The second-order valence-electron chi connectivity index (χ2n) is 6.79. The SMILES string of the molecule is CCOc1ccc2nc(Sc3ccc(/C=N\NS(=O)(=O)c4ccccc4)cc3[N+](=O)[O-])sc2c1. The van der Waals surface area contributed by atoms with Gasteiger partial charge in [0.15, 0.2) is 4.34 Å². The molecule has 1 N–H and O–H groups in total. The number of rotatable bonds is 9. The summed E-state index contributed by atoms with van der Waals surface area (Å²) in [6.45, 7) is 2.46. The van der Waals surface area contributed by atoms with Gasteiger partial charge in [0.1, 0.15) is 5.75 Å². The van der Waals surface area contributed by atoms with Crippen LogP contribution in [0.25, 0.3) is 10.2 Å². The molecule has 0 amide bonds. The molecule has 1 aromatic heterocycles. The molecule has 4 aromatic rings. The molecule has 34 heavy (non-hydrogen) atoms. The van der Waals surface area contributed by atoms with Crippen molar-refractivity contribution in [2.24, 2.45) is 5.10 Å². The van der Waals surface area contributed by atoms with Crippen molar-refractivity contribution in [3.63, 3.8) is 0 Å². The molecule has 0 unspecified atom stereocenters. The van der Waals surface area contributed by atoms with Gasteiger partial charge in [-0.2, -0.15) is 13.5 Å². The van der Waals surface area contributed by atoms with Crippen molar-refractivity contribution in [2.45, 2.75) is 21.1 Å². The van der Waals surface area contributed by atoms with Crippen LogP contribution in [0.3, 0.4) is 0 Å². The molecule has 1 heterocycles. The van der Waals surface area contributed by atoms with E-state index in [1.165, 1.54) is 47.5 Å². The lowest BCUT2D eigenvalue weighted by molar-refractivity contribution is -0.387. The highest BCUT2D eigenvalue weighted by atomic mass is 32.2. The molecular formula is C22H18N4O5S3. The number of nitrogens with one attached hydrogen (secondary N) is 1. The van der Waals surface area contributed by atoms with E-state index in [1.54, 1.807) is 30.3 Å². The lowest BCUT2D eigenvalue weighted by Crippen LogP contribution is -2.18. The predicted molar refractivity (Wildman–Crippen MR) is 132 cm³/mol. The molecule has 9 nitrogen and oxygen atoms in total. The summed E-state index contributed by atoms with van der Waals surface area (Å²) in [5.41, 5.74) is 1.03. The molecule has 12 heteroatoms. The summed E-state index contributed by atoms with van der Waals surface area (Å²) < 4.78 is 31.6. The monoisotopic (exact) mass is 514 g/mol. The van der Waals surface area contributed by atoms with Crippen LogP contribution in [0.4, 0.5) is 5.69 Å². The van der Waals surface area contributed by atoms with Crippen molar-refractivity contribution in [1.29, 1.82) is 0 Å². The summed E-state index contributed by atoms with van der Waals surface area (Å²) in [6, 6.07) is 17.9. The highest BCUT2D eigenvalue weighted by Crippen LogP contribution is 2.39. The van der Waals surface area contributed by atoms with E-state index in [0.29, 0.717) is 21.4 Å². The Labute approximate surface area is 203 Å². The molecule has 174 valence electrons. The number of ether oxygens (including phenoxy) is 1. The summed E-state index contributed by atoms with van der Waals surface area (Å²) in [6.07, 6.45) is 1.22. The van der Waals surface area contributed by atoms with Gasteiger partial charge in [-0.05, 0) is 43.3 Å². The normalized spacial score (nSPS) is 11.7. The predicted octanol–water partition coefficient (Wildman–Crippen LogP) is 5.07. The molecule has 0 saturated carbocycles. The summed E-state index contributed by atoms with van der Waals surface area (Å²) in [5.74, 6) is 0.743. The molecule has 0 spiro atoms. The molecule has 0 bridgehead atoms. The van der Waals surface area contributed by atoms with Crippen LogP contribution in [0.5, 0.6) is 5.75 Å². The number of thiazole rings is 1. The Balaban J connectivity index is 1.53. The van der Waals surface area contributed by atoms with Gasteiger partial charge < -0.3 is 4.74 Å². The van der Waals surface area contributed by atoms with Crippen LogP contribution in [0.1, 0.15) is 12.5 Å². The van der Waals surface area contributed by atoms with Gasteiger partial charge in [0.2, 0.25) is 0 Å². The van der Waals surface area contributed by atoms with E-state index >= 15 is 0 Å². The molecule has 0 aliphatic carbocycles. The fourth-order valence-electron chi connectivity index (χ4n) is 2.94. The number of sulfonamides is 1. The quantitative estimate of drug-likeness (QED) is 0.188. The third-order valence-corrected chi connectivity index (χ3v) is 7.85. The molecule has 0 saturated heterocycles. The molecule has 0 atom stereocenters. The first-order chi connectivity index (χ1) is 16.4. The largest absolute Gasteiger partial charge is 0.494 e. The fourth-order valence-corrected chi connectivity index (χ4v) is 5.89. The van der Waals surface area contributed by atoms with Crippen molar-refractivity contribution in [3.05, 3.63) is 82.4 Å². The van der Waals surface area contributed by atoms with Gasteiger partial charge in [0, 0.05) is 11.6 Å². The van der Waals surface area contributed by atoms with Crippen molar-refractivity contribution in [3.8, 4) is 5.75 Å². The van der Waals surface area contributed by atoms with E-state index in [0.717, 1.165) is 16.0 Å². The summed E-state index contributed by atoms with van der Waals surface area (Å²) >= 11 is 2.61. The van der Waals surface area contributed by atoms with Gasteiger partial charge in [-0.25, -0.2) is 9.82 Å². The molecule has 3 aromatic carbocycles. The molecule has 0 radical (unpaired) electrons. The number of hydrazone groups is 1. The Morgan fingerprint density at radius 2 is 1.97 bits per heavy atom. The molecular weight excluding hydrogens is 496 g/mol. The van der Waals surface area contributed by atoms with Crippen LogP contribution in [-0.2, 0) is 10.0 Å². The van der Waals surface area contributed by atoms with Crippen molar-refractivity contribution in [2.75, 3.05) is 6.61 Å². The first-order valence-corrected chi connectivity index (χ1v) is 13.1. The second kappa shape index (κ2) is 10.2. The first-order valence-electron chi connectivity index (χ1n) is 9.95. The van der Waals surface area contributed by atoms with Crippen molar-refractivity contribution in [1.82, 2.24) is 9.82 Å². The molecule has 4 rings (SSSR count). The Morgan fingerprint density at radius 3 is 2.71 bits per heavy atom. The number of hydrogen-bond acceptors (Lipinski definition) is 9. The smallest absolute Gasteiger partial charge is 0.283 e. The Kier molecular flexibility index (Phi) is 7.10. The Bertz CT molecular complexity index is 1470. The number of fused-ring (bicyclic) bond motifs is 1. The topological polar surface area (TPSA) is 124 Å². The van der Waals surface area contributed by atoms with Crippen molar-refractivity contribution < 1.29 is 18.1 Å². The third kappa shape index (κ3) is 5.53. The third-order valence-electron chi connectivity index (χ3n) is 4.47. The zero-order chi connectivity index (χ0) is 24.1. The fraction of sp³-hybridized carbons (Fsp3) is 0.0909. The first kappa shape index (κ1) is 23.7. The van der Waals surface area contributed by atoms with Crippen LogP contribution in [0.2, 0.25) is 0 Å². The maximum atomic E-state index is 12.2. The van der Waals surface area contributed by atoms with E-state index in [4.69, 9.17) is 4.74 Å². The summed E-state index contributed by atoms with van der Waals surface area (Å²) in [5, 5.41) is 15.4. The highest BCUT2D eigenvalue weighted by Gasteiger charge is 2.18. The number of hydrogen-bond donors (Lipinski definition) is 1. The van der Waals surface area contributed by atoms with Gasteiger partial charge in [0.25, 0.3) is 15.7 Å². The average Bonchev–Trinajstić information content (AvgIpc) is 3.22. The van der Waals surface area contributed by atoms with Gasteiger partial charge >= 0.3 is 0 Å². The van der Waals surface area contributed by atoms with Gasteiger partial charge in [-0.15, -0.1) is 11.3 Å². The summed E-state index contributed by atoms with van der Waals surface area (Å²) in [4.78, 5) is 18.3. The maximum absolute atomic E-state index is 12.2. The Hall–Kier alpha value is -3.48. The number of nitrogens with zero attached hydrogens (tertiary/aromatic N) is 3. The van der Waals surface area contributed by atoms with Crippen LogP contribution < -0.4 is 9.57 Å². The van der Waals surface area contributed by atoms with Crippen LogP contribution in [-0.4, -0.2) is 31.1 Å². The van der Waals surface area contributed by atoms with Crippen molar-refractivity contribution >= 4 is 55.2 Å². The lowest BCUT2D eigenvalue weighted by Gasteiger charge is -2.03. The molecule has 0 aliphatic heterocycles. The zero-order valence-electron chi connectivity index (χ0n) is 17.7. The van der Waals surface area contributed by atoms with E-state index in [2.05, 4.69) is 14.9 Å².